The number of carbonyl (C=O) groups is 1. The summed E-state index contributed by atoms with van der Waals surface area (Å²) in [5, 5.41) is 18.0. The average molecular weight is 250 g/mol. The Morgan fingerprint density at radius 1 is 1.28 bits per heavy atom. The van der Waals surface area contributed by atoms with E-state index < -0.39 is 5.97 Å². The van der Waals surface area contributed by atoms with E-state index in [9.17, 15) is 9.90 Å². The molecule has 1 aliphatic heterocycles. The molecule has 1 heterocycles. The third-order valence-electron chi connectivity index (χ3n) is 4.50. The highest BCUT2D eigenvalue weighted by Gasteiger charge is 2.40. The molecule has 0 bridgehead atoms. The molecule has 2 rings (SSSR count). The second-order valence-electron chi connectivity index (χ2n) is 5.54. The van der Waals surface area contributed by atoms with Gasteiger partial charge in [-0.05, 0) is 38.0 Å². The molecule has 3 atom stereocenters. The molecule has 0 aromatic heterocycles. The van der Waals surface area contributed by atoms with Crippen LogP contribution in [0, 0.1) is 17.2 Å². The van der Waals surface area contributed by atoms with Gasteiger partial charge in [0.15, 0.2) is 0 Å². The first kappa shape index (κ1) is 13.4. The van der Waals surface area contributed by atoms with Crippen molar-refractivity contribution in [1.29, 1.82) is 5.26 Å². The number of fused-ring (bicyclic) bond motifs is 1. The summed E-state index contributed by atoms with van der Waals surface area (Å²) >= 11 is 0. The van der Waals surface area contributed by atoms with Gasteiger partial charge in [-0.25, -0.2) is 0 Å². The lowest BCUT2D eigenvalue weighted by Crippen LogP contribution is -2.55. The van der Waals surface area contributed by atoms with Gasteiger partial charge in [0.05, 0.1) is 6.07 Å². The molecule has 1 saturated heterocycles. The summed E-state index contributed by atoms with van der Waals surface area (Å²) in [4.78, 5) is 13.6. The number of rotatable bonds is 4. The first-order valence-corrected chi connectivity index (χ1v) is 7.09. The summed E-state index contributed by atoms with van der Waals surface area (Å²) < 4.78 is 0. The Balaban J connectivity index is 2.04. The zero-order valence-electron chi connectivity index (χ0n) is 10.8. The Hall–Kier alpha value is -1.08. The summed E-state index contributed by atoms with van der Waals surface area (Å²) in [6.45, 7) is 0.770. The van der Waals surface area contributed by atoms with E-state index in [1.807, 2.05) is 0 Å². The van der Waals surface area contributed by atoms with Crippen molar-refractivity contribution in [3.05, 3.63) is 0 Å². The molecule has 100 valence electrons. The fraction of sp³-hybridized carbons (Fsp3) is 0.857. The van der Waals surface area contributed by atoms with Gasteiger partial charge in [0, 0.05) is 19.0 Å². The lowest BCUT2D eigenvalue weighted by Gasteiger charge is -2.47. The Morgan fingerprint density at radius 3 is 2.78 bits per heavy atom. The smallest absolute Gasteiger partial charge is 0.320 e. The molecule has 1 aliphatic carbocycles. The van der Waals surface area contributed by atoms with Crippen LogP contribution < -0.4 is 0 Å². The van der Waals surface area contributed by atoms with Gasteiger partial charge in [-0.3, -0.25) is 9.69 Å². The van der Waals surface area contributed by atoms with Crippen molar-refractivity contribution in [2.45, 2.75) is 63.5 Å². The van der Waals surface area contributed by atoms with Crippen LogP contribution in [0.3, 0.4) is 0 Å². The summed E-state index contributed by atoms with van der Waals surface area (Å²) in [7, 11) is 0. The van der Waals surface area contributed by atoms with Gasteiger partial charge in [0.25, 0.3) is 0 Å². The normalized spacial score (nSPS) is 32.5. The van der Waals surface area contributed by atoms with Gasteiger partial charge in [0.1, 0.15) is 6.04 Å². The highest BCUT2D eigenvalue weighted by molar-refractivity contribution is 5.73. The molecule has 4 heteroatoms. The lowest BCUT2D eigenvalue weighted by molar-refractivity contribution is -0.148. The first-order chi connectivity index (χ1) is 8.74. The fourth-order valence-corrected chi connectivity index (χ4v) is 3.66. The number of aliphatic carboxylic acids is 1. The Labute approximate surface area is 109 Å². The highest BCUT2D eigenvalue weighted by Crippen LogP contribution is 2.37. The maximum absolute atomic E-state index is 11.4. The van der Waals surface area contributed by atoms with Crippen LogP contribution in [-0.4, -0.2) is 34.6 Å². The third-order valence-corrected chi connectivity index (χ3v) is 4.50. The van der Waals surface area contributed by atoms with Gasteiger partial charge in [-0.2, -0.15) is 5.26 Å². The molecule has 0 amide bonds. The van der Waals surface area contributed by atoms with Crippen LogP contribution in [0.5, 0.6) is 0 Å². The van der Waals surface area contributed by atoms with Crippen molar-refractivity contribution < 1.29 is 9.90 Å². The van der Waals surface area contributed by atoms with E-state index in [0.717, 1.165) is 32.2 Å². The standard InChI is InChI=1S/C14H22N2O2/c15-9-3-4-10-16-12-6-2-1-5-11(12)7-8-13(16)14(17)18/h11-13H,1-8,10H2,(H,17,18). The molecule has 2 fully saturated rings. The number of piperidine rings is 1. The maximum atomic E-state index is 11.4. The summed E-state index contributed by atoms with van der Waals surface area (Å²) in [6.07, 6.45) is 8.09. The van der Waals surface area contributed by atoms with E-state index in [0.29, 0.717) is 18.4 Å². The molecule has 1 saturated carbocycles. The number of carboxylic acids is 1. The van der Waals surface area contributed by atoms with E-state index in [4.69, 9.17) is 5.26 Å². The van der Waals surface area contributed by atoms with Gasteiger partial charge in [0.2, 0.25) is 0 Å². The average Bonchev–Trinajstić information content (AvgIpc) is 2.38. The summed E-state index contributed by atoms with van der Waals surface area (Å²) in [5.41, 5.74) is 0. The van der Waals surface area contributed by atoms with Gasteiger partial charge in [-0.15, -0.1) is 0 Å². The summed E-state index contributed by atoms with van der Waals surface area (Å²) in [6, 6.07) is 2.28. The van der Waals surface area contributed by atoms with Crippen molar-refractivity contribution in [1.82, 2.24) is 4.90 Å². The van der Waals surface area contributed by atoms with Crippen LogP contribution in [0.25, 0.3) is 0 Å². The zero-order chi connectivity index (χ0) is 13.0. The summed E-state index contributed by atoms with van der Waals surface area (Å²) in [5.74, 6) is 0.00687. The predicted octanol–water partition coefficient (Wildman–Crippen LogP) is 2.40. The number of nitrogens with zero attached hydrogens (tertiary/aromatic N) is 2. The van der Waals surface area contributed by atoms with Crippen LogP contribution in [0.15, 0.2) is 0 Å². The Kier molecular flexibility index (Phi) is 4.60. The van der Waals surface area contributed by atoms with Crippen molar-refractivity contribution in [3.8, 4) is 6.07 Å². The quantitative estimate of drug-likeness (QED) is 0.778. The van der Waals surface area contributed by atoms with Crippen LogP contribution >= 0.6 is 0 Å². The lowest BCUT2D eigenvalue weighted by atomic mass is 9.76. The number of hydrogen-bond donors (Lipinski definition) is 1. The monoisotopic (exact) mass is 250 g/mol. The molecule has 0 aromatic rings. The fourth-order valence-electron chi connectivity index (χ4n) is 3.66. The molecule has 4 nitrogen and oxygen atoms in total. The van der Waals surface area contributed by atoms with Crippen molar-refractivity contribution >= 4 is 5.97 Å². The van der Waals surface area contributed by atoms with Gasteiger partial charge in [-0.1, -0.05) is 12.8 Å². The predicted molar refractivity (Wildman–Crippen MR) is 68.0 cm³/mol. The molecule has 0 radical (unpaired) electrons. The SMILES string of the molecule is N#CCCCN1C(C(=O)O)CCC2CCCCC21. The topological polar surface area (TPSA) is 64.3 Å². The van der Waals surface area contributed by atoms with Crippen LogP contribution in [0.4, 0.5) is 0 Å². The van der Waals surface area contributed by atoms with Gasteiger partial charge >= 0.3 is 5.97 Å². The largest absolute Gasteiger partial charge is 0.480 e. The first-order valence-electron chi connectivity index (χ1n) is 7.09. The molecular formula is C14H22N2O2. The molecule has 0 spiro atoms. The van der Waals surface area contributed by atoms with E-state index in [1.165, 1.54) is 19.3 Å². The second-order valence-corrected chi connectivity index (χ2v) is 5.54. The van der Waals surface area contributed by atoms with E-state index in [2.05, 4.69) is 11.0 Å². The number of carboxylic acid groups (broad SMARTS) is 1. The van der Waals surface area contributed by atoms with Crippen molar-refractivity contribution in [2.24, 2.45) is 5.92 Å². The highest BCUT2D eigenvalue weighted by atomic mass is 16.4. The molecule has 2 aliphatic rings. The number of hydrogen-bond acceptors (Lipinski definition) is 3. The molecule has 3 unspecified atom stereocenters. The minimum absolute atomic E-state index is 0.317. The third kappa shape index (κ3) is 2.84. The van der Waals surface area contributed by atoms with Crippen molar-refractivity contribution in [3.63, 3.8) is 0 Å². The van der Waals surface area contributed by atoms with E-state index >= 15 is 0 Å². The van der Waals surface area contributed by atoms with E-state index in [1.54, 1.807) is 0 Å². The molecule has 1 N–H and O–H groups in total. The number of likely N-dealkylation sites (tertiary alicyclic amines) is 1. The Morgan fingerprint density at radius 2 is 2.06 bits per heavy atom. The minimum atomic E-state index is -0.684. The number of nitriles is 1. The van der Waals surface area contributed by atoms with E-state index in [-0.39, 0.29) is 6.04 Å². The Bertz CT molecular complexity index is 337. The zero-order valence-corrected chi connectivity index (χ0v) is 10.8. The minimum Gasteiger partial charge on any atom is -0.480 e. The van der Waals surface area contributed by atoms with Crippen LogP contribution in [-0.2, 0) is 4.79 Å². The number of unbranched alkanes of at least 4 members (excludes halogenated alkanes) is 1. The molecule has 0 aromatic carbocycles. The van der Waals surface area contributed by atoms with Crippen LogP contribution in [0.2, 0.25) is 0 Å². The van der Waals surface area contributed by atoms with Crippen LogP contribution in [0.1, 0.15) is 51.4 Å². The molecular weight excluding hydrogens is 228 g/mol. The molecule has 18 heavy (non-hydrogen) atoms. The second kappa shape index (κ2) is 6.19. The maximum Gasteiger partial charge on any atom is 0.320 e. The van der Waals surface area contributed by atoms with Gasteiger partial charge < -0.3 is 5.11 Å². The van der Waals surface area contributed by atoms with Crippen molar-refractivity contribution in [2.75, 3.05) is 6.54 Å².